The Morgan fingerprint density at radius 2 is 0.528 bits per heavy atom. The van der Waals surface area contributed by atoms with Crippen LogP contribution < -0.4 is 0 Å². The van der Waals surface area contributed by atoms with Crippen LogP contribution in [0.15, 0.2) is 0 Å². The summed E-state index contributed by atoms with van der Waals surface area (Å²) in [5.41, 5.74) is 0.0214. The van der Waals surface area contributed by atoms with E-state index >= 15 is 0 Å². The maximum atomic E-state index is 6.71. The van der Waals surface area contributed by atoms with Gasteiger partial charge >= 0.3 is 0 Å². The summed E-state index contributed by atoms with van der Waals surface area (Å²) in [7, 11) is 0. The van der Waals surface area contributed by atoms with E-state index in [2.05, 4.69) is 118 Å². The van der Waals surface area contributed by atoms with Gasteiger partial charge in [0.05, 0.1) is 36.1 Å². The minimum atomic E-state index is -0.00550. The summed E-state index contributed by atoms with van der Waals surface area (Å²) in [6.07, 6.45) is 54.0. The smallest absolute Gasteiger partial charge is 0.0638 e. The van der Waals surface area contributed by atoms with E-state index in [9.17, 15) is 0 Å². The Morgan fingerprint density at radius 3 is 0.736 bits per heavy atom. The van der Waals surface area contributed by atoms with Gasteiger partial charge in [-0.15, -0.1) is 0 Å². The molecule has 0 radical (unpaired) electrons. The van der Waals surface area contributed by atoms with Crippen LogP contribution in [0.3, 0.4) is 0 Å². The van der Waals surface area contributed by atoms with E-state index in [1.54, 1.807) is 0 Å². The van der Waals surface area contributed by atoms with Crippen LogP contribution in [0, 0.1) is 47.3 Å². The molecule has 0 amide bonds. The Kier molecular flexibility index (Phi) is 44.7. The summed E-state index contributed by atoms with van der Waals surface area (Å²) in [4.78, 5) is 0. The minimum Gasteiger partial charge on any atom is -0.376 e. The van der Waals surface area contributed by atoms with Gasteiger partial charge in [-0.2, -0.15) is 0 Å². The van der Waals surface area contributed by atoms with Gasteiger partial charge in [-0.05, 0) is 187 Å². The molecule has 0 saturated heterocycles. The van der Waals surface area contributed by atoms with Gasteiger partial charge in [0.25, 0.3) is 0 Å². The van der Waals surface area contributed by atoms with Gasteiger partial charge < -0.3 is 14.2 Å². The van der Waals surface area contributed by atoms with Crippen LogP contribution in [-0.2, 0) is 14.2 Å². The van der Waals surface area contributed by atoms with Crippen molar-refractivity contribution in [2.45, 2.75) is 385 Å². The first-order valence-corrected chi connectivity index (χ1v) is 33.1. The Hall–Kier alpha value is -0.120. The van der Waals surface area contributed by atoms with Crippen LogP contribution in [0.25, 0.3) is 0 Å². The largest absolute Gasteiger partial charge is 0.376 e. The SMILES string of the molecule is CC(C)C1CCC(C(OC(C)(C)C)C2CCC(C(C)C)CC2)CC1.CCCCCCCCC(CCCCCCCC)COC(C)(C)C.CCCCCCCCCCC(CCCCCCCC)COC(C)(C)C. The van der Waals surface area contributed by atoms with Crippen LogP contribution in [0.2, 0.25) is 0 Å². The van der Waals surface area contributed by atoms with Crippen molar-refractivity contribution < 1.29 is 14.2 Å². The molecule has 0 aromatic carbocycles. The first kappa shape index (κ1) is 71.9. The molecule has 3 heteroatoms. The van der Waals surface area contributed by atoms with Gasteiger partial charge in [-0.1, -0.05) is 222 Å². The lowest BCUT2D eigenvalue weighted by Crippen LogP contribution is -2.41. The lowest BCUT2D eigenvalue weighted by atomic mass is 9.68. The molecule has 2 fully saturated rings. The minimum absolute atomic E-state index is 0.00550. The van der Waals surface area contributed by atoms with Crippen molar-refractivity contribution in [1.29, 1.82) is 0 Å². The van der Waals surface area contributed by atoms with E-state index in [4.69, 9.17) is 14.2 Å². The normalized spacial score (nSPS) is 19.8. The second-order valence-electron chi connectivity index (χ2n) is 28.0. The number of ether oxygens (including phenoxy) is 3. The van der Waals surface area contributed by atoms with E-state index in [0.29, 0.717) is 6.10 Å². The predicted molar refractivity (Wildman–Crippen MR) is 325 cm³/mol. The summed E-state index contributed by atoms with van der Waals surface area (Å²) in [6, 6.07) is 0. The molecule has 2 aliphatic carbocycles. The molecule has 0 aromatic heterocycles. The third-order valence-electron chi connectivity index (χ3n) is 16.8. The summed E-state index contributed by atoms with van der Waals surface area (Å²) in [5, 5.41) is 0. The van der Waals surface area contributed by atoms with Gasteiger partial charge in [0.1, 0.15) is 0 Å². The van der Waals surface area contributed by atoms with Crippen molar-refractivity contribution in [1.82, 2.24) is 0 Å². The Balaban J connectivity index is 0.00000105. The molecular formula is C69H140O3. The molecule has 0 spiro atoms. The summed E-state index contributed by atoms with van der Waals surface area (Å²) in [6.45, 7) is 40.6. The number of rotatable bonds is 39. The van der Waals surface area contributed by atoms with E-state index in [0.717, 1.165) is 60.6 Å². The van der Waals surface area contributed by atoms with Crippen LogP contribution in [0.5, 0.6) is 0 Å². The van der Waals surface area contributed by atoms with E-state index < -0.39 is 0 Å². The van der Waals surface area contributed by atoms with Crippen molar-refractivity contribution in [2.24, 2.45) is 47.3 Å². The molecule has 72 heavy (non-hydrogen) atoms. The molecule has 2 aliphatic rings. The average Bonchev–Trinajstić information content (AvgIpc) is 3.32. The van der Waals surface area contributed by atoms with Crippen LogP contribution in [0.4, 0.5) is 0 Å². The van der Waals surface area contributed by atoms with E-state index in [1.165, 1.54) is 244 Å². The molecule has 0 heterocycles. The third kappa shape index (κ3) is 43.9. The molecule has 0 aliphatic heterocycles. The van der Waals surface area contributed by atoms with Crippen molar-refractivity contribution in [3.05, 3.63) is 0 Å². The lowest BCUT2D eigenvalue weighted by Gasteiger charge is -2.44. The quantitative estimate of drug-likeness (QED) is 0.0574. The zero-order valence-electron chi connectivity index (χ0n) is 53.2. The van der Waals surface area contributed by atoms with Crippen LogP contribution >= 0.6 is 0 Å². The molecule has 2 rings (SSSR count). The van der Waals surface area contributed by atoms with Crippen LogP contribution in [0.1, 0.15) is 362 Å². The second kappa shape index (κ2) is 44.8. The lowest BCUT2D eigenvalue weighted by molar-refractivity contribution is -0.126. The highest BCUT2D eigenvalue weighted by molar-refractivity contribution is 4.88. The molecule has 0 aromatic rings. The third-order valence-corrected chi connectivity index (χ3v) is 16.8. The Morgan fingerprint density at radius 1 is 0.306 bits per heavy atom. The van der Waals surface area contributed by atoms with Crippen molar-refractivity contribution in [3.8, 4) is 0 Å². The second-order valence-corrected chi connectivity index (χ2v) is 28.0. The Bertz CT molecular complexity index is 1060. The monoisotopic (exact) mass is 1020 g/mol. The fraction of sp³-hybridized carbons (Fsp3) is 1.00. The van der Waals surface area contributed by atoms with Crippen molar-refractivity contribution in [3.63, 3.8) is 0 Å². The highest BCUT2D eigenvalue weighted by Crippen LogP contribution is 2.44. The highest BCUT2D eigenvalue weighted by atomic mass is 16.5. The van der Waals surface area contributed by atoms with Gasteiger partial charge in [0, 0.05) is 0 Å². The predicted octanol–water partition coefficient (Wildman–Crippen LogP) is 23.7. The first-order valence-electron chi connectivity index (χ1n) is 33.1. The molecule has 0 bridgehead atoms. The van der Waals surface area contributed by atoms with Crippen molar-refractivity contribution >= 4 is 0 Å². The Labute approximate surface area is 457 Å². The van der Waals surface area contributed by atoms with Crippen molar-refractivity contribution in [2.75, 3.05) is 13.2 Å². The fourth-order valence-electron chi connectivity index (χ4n) is 11.8. The van der Waals surface area contributed by atoms with E-state index in [-0.39, 0.29) is 16.8 Å². The average molecular weight is 1020 g/mol. The molecule has 0 N–H and O–H groups in total. The van der Waals surface area contributed by atoms with Crippen LogP contribution in [-0.4, -0.2) is 36.1 Å². The molecule has 434 valence electrons. The number of unbranched alkanes of at least 4 members (excludes halogenated alkanes) is 22. The maximum absolute atomic E-state index is 6.71. The molecule has 1 atom stereocenters. The zero-order chi connectivity index (χ0) is 54.1. The maximum Gasteiger partial charge on any atom is 0.0638 e. The van der Waals surface area contributed by atoms with Gasteiger partial charge in [-0.3, -0.25) is 0 Å². The van der Waals surface area contributed by atoms with E-state index in [1.807, 2.05) is 0 Å². The number of hydrogen-bond acceptors (Lipinski definition) is 3. The molecule has 2 saturated carbocycles. The van der Waals surface area contributed by atoms with Gasteiger partial charge in [0.2, 0.25) is 0 Å². The van der Waals surface area contributed by atoms with Gasteiger partial charge in [-0.25, -0.2) is 0 Å². The first-order chi connectivity index (χ1) is 34.2. The molecule has 3 nitrogen and oxygen atoms in total. The topological polar surface area (TPSA) is 27.7 Å². The molecular weight excluding hydrogens is 877 g/mol. The zero-order valence-corrected chi connectivity index (χ0v) is 53.2. The van der Waals surface area contributed by atoms with Gasteiger partial charge in [0.15, 0.2) is 0 Å². The standard InChI is InChI=1S/C24H50O.C23H44O.C22H46O/c1-6-8-10-12-14-15-17-19-21-23(22-25-24(3,4)5)20-18-16-13-11-9-7-2;1-16(2)18-8-12-20(13-9-18)22(24-23(5,6)7)21-14-10-19(11-15-21)17(3)4;1-6-8-10-12-14-16-18-21(20-23-22(3,4)5)19-17-15-13-11-9-7-2/h23H,6-22H2,1-5H3;16-22H,8-15H2,1-7H3;21H,6-20H2,1-5H3. The summed E-state index contributed by atoms with van der Waals surface area (Å²) >= 11 is 0. The highest BCUT2D eigenvalue weighted by Gasteiger charge is 2.38. The summed E-state index contributed by atoms with van der Waals surface area (Å²) in [5.74, 6) is 6.79. The summed E-state index contributed by atoms with van der Waals surface area (Å²) < 4.78 is 18.9. The fourth-order valence-corrected chi connectivity index (χ4v) is 11.8. The molecule has 1 unspecified atom stereocenters. The number of hydrogen-bond donors (Lipinski definition) is 0.